The summed E-state index contributed by atoms with van der Waals surface area (Å²) < 4.78 is 13.2. The van der Waals surface area contributed by atoms with Gasteiger partial charge in [0.25, 0.3) is 0 Å². The van der Waals surface area contributed by atoms with Crippen LogP contribution in [0.15, 0.2) is 66.7 Å². The van der Waals surface area contributed by atoms with Gasteiger partial charge < -0.3 is 10.6 Å². The predicted molar refractivity (Wildman–Crippen MR) is 76.4 cm³/mol. The summed E-state index contributed by atoms with van der Waals surface area (Å²) >= 11 is 0. The maximum absolute atomic E-state index is 13.2. The first-order valence-electron chi connectivity index (χ1n) is 6.03. The van der Waals surface area contributed by atoms with Crippen LogP contribution in [0.3, 0.4) is 0 Å². The van der Waals surface area contributed by atoms with E-state index in [0.29, 0.717) is 17.8 Å². The van der Waals surface area contributed by atoms with Gasteiger partial charge in [-0.2, -0.15) is 0 Å². The van der Waals surface area contributed by atoms with E-state index in [4.69, 9.17) is 5.73 Å². The van der Waals surface area contributed by atoms with E-state index < -0.39 is 0 Å². The van der Waals surface area contributed by atoms with E-state index in [2.05, 4.69) is 13.2 Å². The van der Waals surface area contributed by atoms with Crippen LogP contribution in [0, 0.1) is 12.7 Å². The van der Waals surface area contributed by atoms with Crippen molar-refractivity contribution < 1.29 is 4.39 Å². The first-order chi connectivity index (χ1) is 8.99. The van der Waals surface area contributed by atoms with Crippen molar-refractivity contribution in [3.63, 3.8) is 0 Å². The smallest absolute Gasteiger partial charge is 0.126 e. The van der Waals surface area contributed by atoms with E-state index in [-0.39, 0.29) is 5.82 Å². The number of halogens is 1. The third-order valence-corrected chi connectivity index (χ3v) is 3.11. The number of hydrogen-bond acceptors (Lipinski definition) is 2. The molecule has 1 heterocycles. The van der Waals surface area contributed by atoms with Crippen LogP contribution in [-0.4, -0.2) is 4.90 Å². The maximum atomic E-state index is 13.2. The Hall–Kier alpha value is -2.29. The predicted octanol–water partition coefficient (Wildman–Crippen LogP) is 3.38. The van der Waals surface area contributed by atoms with Gasteiger partial charge in [-0.05, 0) is 36.3 Å². The van der Waals surface area contributed by atoms with Crippen LogP contribution in [0.25, 0.3) is 0 Å². The van der Waals surface area contributed by atoms with Crippen molar-refractivity contribution in [2.75, 3.05) is 0 Å². The number of benzene rings is 1. The second kappa shape index (κ2) is 5.14. The molecule has 0 spiro atoms. The average Bonchev–Trinajstić information content (AvgIpc) is 2.36. The highest BCUT2D eigenvalue weighted by atomic mass is 19.1. The van der Waals surface area contributed by atoms with Gasteiger partial charge in [0.1, 0.15) is 5.82 Å². The molecule has 0 atom stereocenters. The van der Waals surface area contributed by atoms with Crippen LogP contribution >= 0.6 is 0 Å². The molecule has 19 heavy (non-hydrogen) atoms. The summed E-state index contributed by atoms with van der Waals surface area (Å²) in [6.07, 6.45) is 5.71. The number of hydrogen-bond donors (Lipinski definition) is 1. The van der Waals surface area contributed by atoms with E-state index in [1.54, 1.807) is 13.0 Å². The van der Waals surface area contributed by atoms with E-state index in [9.17, 15) is 4.39 Å². The zero-order valence-corrected chi connectivity index (χ0v) is 11.0. The second-order valence-electron chi connectivity index (χ2n) is 4.61. The molecule has 0 saturated carbocycles. The number of aryl methyl sites for hydroxylation is 1. The lowest BCUT2D eigenvalue weighted by molar-refractivity contribution is 0.465. The van der Waals surface area contributed by atoms with Crippen LogP contribution < -0.4 is 5.73 Å². The molecule has 1 aromatic rings. The minimum atomic E-state index is -0.187. The van der Waals surface area contributed by atoms with Gasteiger partial charge in [-0.1, -0.05) is 25.3 Å². The Morgan fingerprint density at radius 3 is 2.79 bits per heavy atom. The Bertz CT molecular complexity index is 597. The highest BCUT2D eigenvalue weighted by Crippen LogP contribution is 2.24. The van der Waals surface area contributed by atoms with Crippen molar-refractivity contribution in [3.8, 4) is 0 Å². The molecular formula is C16H17FN2. The molecule has 98 valence electrons. The third kappa shape index (κ3) is 2.76. The summed E-state index contributed by atoms with van der Waals surface area (Å²) in [5.74, 6) is -0.187. The van der Waals surface area contributed by atoms with Crippen molar-refractivity contribution in [2.24, 2.45) is 5.73 Å². The molecule has 0 fully saturated rings. The van der Waals surface area contributed by atoms with E-state index in [0.717, 1.165) is 16.8 Å². The molecule has 0 amide bonds. The second-order valence-corrected chi connectivity index (χ2v) is 4.61. The first-order valence-corrected chi connectivity index (χ1v) is 6.03. The van der Waals surface area contributed by atoms with Crippen LogP contribution in [0.2, 0.25) is 0 Å². The van der Waals surface area contributed by atoms with E-state index >= 15 is 0 Å². The lowest BCUT2D eigenvalue weighted by atomic mass is 10.1. The average molecular weight is 256 g/mol. The van der Waals surface area contributed by atoms with Crippen LogP contribution in [0.1, 0.15) is 11.1 Å². The molecule has 0 saturated heterocycles. The van der Waals surface area contributed by atoms with Crippen LogP contribution in [0.5, 0.6) is 0 Å². The first kappa shape index (κ1) is 13.1. The molecule has 1 aliphatic rings. The lowest BCUT2D eigenvalue weighted by Crippen LogP contribution is -2.21. The molecular weight excluding hydrogens is 239 g/mol. The molecule has 0 unspecified atom stereocenters. The largest absolute Gasteiger partial charge is 0.399 e. The molecule has 3 heteroatoms. The number of allylic oxidation sites excluding steroid dienone is 2. The fourth-order valence-corrected chi connectivity index (χ4v) is 2.03. The van der Waals surface area contributed by atoms with Gasteiger partial charge in [0.15, 0.2) is 0 Å². The third-order valence-electron chi connectivity index (χ3n) is 3.11. The molecule has 0 radical (unpaired) electrons. The summed E-state index contributed by atoms with van der Waals surface area (Å²) in [4.78, 5) is 1.97. The molecule has 2 nitrogen and oxygen atoms in total. The van der Waals surface area contributed by atoms with Gasteiger partial charge >= 0.3 is 0 Å². The molecule has 0 aromatic heterocycles. The fourth-order valence-electron chi connectivity index (χ4n) is 2.03. The van der Waals surface area contributed by atoms with Gasteiger partial charge in [-0.3, -0.25) is 0 Å². The molecule has 2 rings (SSSR count). The van der Waals surface area contributed by atoms with E-state index in [1.807, 2.05) is 29.3 Å². The van der Waals surface area contributed by atoms with Crippen LogP contribution in [-0.2, 0) is 6.54 Å². The highest BCUT2D eigenvalue weighted by molar-refractivity contribution is 5.47. The summed E-state index contributed by atoms with van der Waals surface area (Å²) in [6.45, 7) is 10.1. The van der Waals surface area contributed by atoms with Crippen molar-refractivity contribution in [1.82, 2.24) is 4.90 Å². The van der Waals surface area contributed by atoms with E-state index in [1.165, 1.54) is 6.07 Å². The Balaban J connectivity index is 2.18. The van der Waals surface area contributed by atoms with Crippen molar-refractivity contribution >= 4 is 0 Å². The normalized spacial score (nSPS) is 14.5. The molecule has 0 bridgehead atoms. The number of rotatable bonds is 3. The minimum Gasteiger partial charge on any atom is -0.399 e. The topological polar surface area (TPSA) is 29.3 Å². The molecule has 2 N–H and O–H groups in total. The SMILES string of the molecule is C=C(N)C1=CC=CN(Cc2ccc(F)c(C)c2)C1=C. The summed E-state index contributed by atoms with van der Waals surface area (Å²) in [5.41, 5.74) is 9.52. The Kier molecular flexibility index (Phi) is 3.56. The standard InChI is InChI=1S/C16H17FN2/c1-11-9-14(6-7-16(11)17)10-19-8-4-5-15(12(2)18)13(19)3/h4-9H,2-3,10,18H2,1H3. The zero-order chi connectivity index (χ0) is 14.0. The van der Waals surface area contributed by atoms with Gasteiger partial charge in [-0.25, -0.2) is 4.39 Å². The summed E-state index contributed by atoms with van der Waals surface area (Å²) in [5, 5.41) is 0. The van der Waals surface area contributed by atoms with Gasteiger partial charge in [-0.15, -0.1) is 0 Å². The monoisotopic (exact) mass is 256 g/mol. The fraction of sp³-hybridized carbons (Fsp3) is 0.125. The molecule has 0 aliphatic carbocycles. The highest BCUT2D eigenvalue weighted by Gasteiger charge is 2.14. The Morgan fingerprint density at radius 2 is 2.16 bits per heavy atom. The summed E-state index contributed by atoms with van der Waals surface area (Å²) in [6, 6.07) is 5.10. The van der Waals surface area contributed by atoms with Gasteiger partial charge in [0, 0.05) is 29.7 Å². The Labute approximate surface area is 113 Å². The van der Waals surface area contributed by atoms with Gasteiger partial charge in [0.05, 0.1) is 0 Å². The molecule has 1 aromatic carbocycles. The van der Waals surface area contributed by atoms with Crippen molar-refractivity contribution in [2.45, 2.75) is 13.5 Å². The Morgan fingerprint density at radius 1 is 1.42 bits per heavy atom. The molecule has 1 aliphatic heterocycles. The van der Waals surface area contributed by atoms with Crippen LogP contribution in [0.4, 0.5) is 4.39 Å². The lowest BCUT2D eigenvalue weighted by Gasteiger charge is -2.27. The zero-order valence-electron chi connectivity index (χ0n) is 11.0. The van der Waals surface area contributed by atoms with Crippen molar-refractivity contribution in [1.29, 1.82) is 0 Å². The maximum Gasteiger partial charge on any atom is 0.126 e. The number of nitrogens with zero attached hydrogens (tertiary/aromatic N) is 1. The number of nitrogens with two attached hydrogens (primary N) is 1. The van der Waals surface area contributed by atoms with Crippen molar-refractivity contribution in [3.05, 3.63) is 83.6 Å². The quantitative estimate of drug-likeness (QED) is 0.898. The van der Waals surface area contributed by atoms with Gasteiger partial charge in [0.2, 0.25) is 0 Å². The minimum absolute atomic E-state index is 0.187. The summed E-state index contributed by atoms with van der Waals surface area (Å²) in [7, 11) is 0.